The Bertz CT molecular complexity index is 1200. The van der Waals surface area contributed by atoms with Crippen molar-refractivity contribution in [2.75, 3.05) is 5.32 Å². The van der Waals surface area contributed by atoms with Gasteiger partial charge >= 0.3 is 0 Å². The lowest BCUT2D eigenvalue weighted by atomic mass is 10.1. The number of para-hydroxylation sites is 2. The average molecular weight is 389 g/mol. The molecule has 0 radical (unpaired) electrons. The number of thiophene rings is 1. The van der Waals surface area contributed by atoms with Gasteiger partial charge in [-0.05, 0) is 36.4 Å². The third-order valence-corrected chi connectivity index (χ3v) is 5.54. The van der Waals surface area contributed by atoms with Gasteiger partial charge in [0.2, 0.25) is 0 Å². The summed E-state index contributed by atoms with van der Waals surface area (Å²) in [5, 5.41) is 6.39. The summed E-state index contributed by atoms with van der Waals surface area (Å²) in [5.41, 5.74) is 3.93. The molecule has 4 aromatic rings. The molecular formula is C20H15N5O2S. The number of amides is 2. The minimum atomic E-state index is -0.201. The predicted molar refractivity (Wildman–Crippen MR) is 109 cm³/mol. The highest BCUT2D eigenvalue weighted by molar-refractivity contribution is 7.18. The number of aromatic nitrogens is 3. The largest absolute Gasteiger partial charge is 0.362 e. The molecule has 28 heavy (non-hydrogen) atoms. The number of aromatic amines is 2. The average Bonchev–Trinajstić information content (AvgIpc) is 3.45. The first-order valence-corrected chi connectivity index (χ1v) is 9.51. The number of H-pyrrole nitrogens is 2. The first-order valence-electron chi connectivity index (χ1n) is 8.70. The maximum atomic E-state index is 12.6. The van der Waals surface area contributed by atoms with E-state index in [1.807, 2.05) is 36.4 Å². The standard InChI is InChI=1S/C20H15N5O2S/c26-18-12(8-11-4-3-7-21-11)13-9-16(28-20(13)25-18)19(27)22-10-17-23-14-5-1-2-6-15(14)24-17/h1-9,21H,10H2,(H,22,27)(H,23,24)(H,25,26). The second-order valence-corrected chi connectivity index (χ2v) is 7.43. The van der Waals surface area contributed by atoms with Gasteiger partial charge in [-0.25, -0.2) is 4.98 Å². The van der Waals surface area contributed by atoms with E-state index in [9.17, 15) is 9.59 Å². The summed E-state index contributed by atoms with van der Waals surface area (Å²) in [4.78, 5) is 36.0. The van der Waals surface area contributed by atoms with Crippen molar-refractivity contribution in [3.63, 3.8) is 0 Å². The van der Waals surface area contributed by atoms with E-state index in [2.05, 4.69) is 25.6 Å². The molecule has 0 fully saturated rings. The van der Waals surface area contributed by atoms with Crippen LogP contribution in [0.15, 0.2) is 48.7 Å². The fraction of sp³-hybridized carbons (Fsp3) is 0.0500. The molecule has 0 unspecified atom stereocenters. The number of rotatable bonds is 4. The lowest BCUT2D eigenvalue weighted by Crippen LogP contribution is -2.22. The molecule has 0 atom stereocenters. The molecule has 4 N–H and O–H groups in total. The second kappa shape index (κ2) is 6.50. The van der Waals surface area contributed by atoms with Crippen LogP contribution in [0, 0.1) is 0 Å². The third-order valence-electron chi connectivity index (χ3n) is 4.49. The summed E-state index contributed by atoms with van der Waals surface area (Å²) >= 11 is 1.26. The summed E-state index contributed by atoms with van der Waals surface area (Å²) in [6.07, 6.45) is 3.58. The van der Waals surface area contributed by atoms with Crippen molar-refractivity contribution in [3.05, 3.63) is 70.6 Å². The van der Waals surface area contributed by atoms with Gasteiger partial charge in [-0.2, -0.15) is 0 Å². The van der Waals surface area contributed by atoms with Gasteiger partial charge in [0, 0.05) is 17.5 Å². The molecule has 3 aromatic heterocycles. The minimum Gasteiger partial charge on any atom is -0.362 e. The SMILES string of the molecule is O=C1Nc2sc(C(=O)NCc3nc4ccccc4[nH]3)cc2C1=Cc1ccc[nH]1. The number of nitrogens with one attached hydrogen (secondary N) is 4. The van der Waals surface area contributed by atoms with E-state index < -0.39 is 0 Å². The molecule has 1 aliphatic rings. The number of nitrogens with zero attached hydrogens (tertiary/aromatic N) is 1. The molecule has 0 saturated carbocycles. The second-order valence-electron chi connectivity index (χ2n) is 6.37. The lowest BCUT2D eigenvalue weighted by Gasteiger charge is -2.01. The van der Waals surface area contributed by atoms with E-state index in [4.69, 9.17) is 0 Å². The number of anilines is 1. The van der Waals surface area contributed by atoms with Crippen molar-refractivity contribution >= 4 is 50.8 Å². The molecule has 2 amide bonds. The van der Waals surface area contributed by atoms with Crippen LogP contribution >= 0.6 is 11.3 Å². The van der Waals surface area contributed by atoms with Crippen LogP contribution in [0.4, 0.5) is 5.00 Å². The maximum Gasteiger partial charge on any atom is 0.261 e. The molecule has 138 valence electrons. The fourth-order valence-corrected chi connectivity index (χ4v) is 4.15. The minimum absolute atomic E-state index is 0.162. The van der Waals surface area contributed by atoms with E-state index >= 15 is 0 Å². The van der Waals surface area contributed by atoms with Crippen molar-refractivity contribution in [3.8, 4) is 0 Å². The van der Waals surface area contributed by atoms with Crippen molar-refractivity contribution in [1.82, 2.24) is 20.3 Å². The number of fused-ring (bicyclic) bond motifs is 2. The number of hydrogen-bond acceptors (Lipinski definition) is 4. The monoisotopic (exact) mass is 389 g/mol. The molecule has 8 heteroatoms. The molecule has 0 bridgehead atoms. The van der Waals surface area contributed by atoms with Crippen molar-refractivity contribution in [1.29, 1.82) is 0 Å². The van der Waals surface area contributed by atoms with Gasteiger partial charge in [-0.1, -0.05) is 12.1 Å². The number of imidazole rings is 1. The number of carbonyl (C=O) groups is 2. The van der Waals surface area contributed by atoms with Crippen molar-refractivity contribution in [2.24, 2.45) is 0 Å². The Morgan fingerprint density at radius 1 is 1.21 bits per heavy atom. The van der Waals surface area contributed by atoms with E-state index in [1.165, 1.54) is 11.3 Å². The Kier molecular flexibility index (Phi) is 3.84. The molecule has 5 rings (SSSR count). The first-order chi connectivity index (χ1) is 13.7. The number of carbonyl (C=O) groups excluding carboxylic acids is 2. The fourth-order valence-electron chi connectivity index (χ4n) is 3.16. The highest BCUT2D eigenvalue weighted by Gasteiger charge is 2.28. The predicted octanol–water partition coefficient (Wildman–Crippen LogP) is 3.38. The van der Waals surface area contributed by atoms with Gasteiger partial charge < -0.3 is 20.6 Å². The molecule has 4 heterocycles. The summed E-state index contributed by atoms with van der Waals surface area (Å²) in [6.45, 7) is 0.299. The van der Waals surface area contributed by atoms with E-state index in [0.717, 1.165) is 22.3 Å². The van der Waals surface area contributed by atoms with Crippen LogP contribution in [0.2, 0.25) is 0 Å². The van der Waals surface area contributed by atoms with Gasteiger partial charge in [0.25, 0.3) is 11.8 Å². The molecular weight excluding hydrogens is 374 g/mol. The highest BCUT2D eigenvalue weighted by atomic mass is 32.1. The molecule has 1 aromatic carbocycles. The summed E-state index contributed by atoms with van der Waals surface area (Å²) in [5.74, 6) is 0.331. The van der Waals surface area contributed by atoms with Crippen LogP contribution < -0.4 is 10.6 Å². The Balaban J connectivity index is 1.34. The Hall–Kier alpha value is -3.65. The highest BCUT2D eigenvalue weighted by Crippen LogP contribution is 2.39. The smallest absolute Gasteiger partial charge is 0.261 e. The lowest BCUT2D eigenvalue weighted by molar-refractivity contribution is -0.110. The first kappa shape index (κ1) is 16.5. The maximum absolute atomic E-state index is 12.6. The van der Waals surface area contributed by atoms with Crippen LogP contribution in [0.25, 0.3) is 22.7 Å². The summed E-state index contributed by atoms with van der Waals surface area (Å²) < 4.78 is 0. The molecule has 0 aliphatic carbocycles. The van der Waals surface area contributed by atoms with Crippen molar-refractivity contribution in [2.45, 2.75) is 6.54 Å². The summed E-state index contributed by atoms with van der Waals surface area (Å²) in [6, 6.07) is 13.2. The van der Waals surface area contributed by atoms with E-state index in [0.29, 0.717) is 27.8 Å². The van der Waals surface area contributed by atoms with Gasteiger partial charge in [0.1, 0.15) is 10.8 Å². The number of hydrogen-bond donors (Lipinski definition) is 4. The molecule has 0 spiro atoms. The van der Waals surface area contributed by atoms with Crippen LogP contribution in [0.1, 0.15) is 26.8 Å². The zero-order chi connectivity index (χ0) is 19.1. The zero-order valence-electron chi connectivity index (χ0n) is 14.6. The molecule has 7 nitrogen and oxygen atoms in total. The number of benzene rings is 1. The zero-order valence-corrected chi connectivity index (χ0v) is 15.4. The van der Waals surface area contributed by atoms with Crippen molar-refractivity contribution < 1.29 is 9.59 Å². The van der Waals surface area contributed by atoms with Crippen LogP contribution in [0.5, 0.6) is 0 Å². The Morgan fingerprint density at radius 3 is 2.93 bits per heavy atom. The normalized spacial score (nSPS) is 14.4. The van der Waals surface area contributed by atoms with E-state index in [1.54, 1.807) is 18.3 Å². The van der Waals surface area contributed by atoms with Gasteiger partial charge in [0.05, 0.1) is 28.0 Å². The van der Waals surface area contributed by atoms with Crippen LogP contribution in [-0.2, 0) is 11.3 Å². The molecule has 0 saturated heterocycles. The third kappa shape index (κ3) is 2.89. The Labute approximate surface area is 163 Å². The van der Waals surface area contributed by atoms with Crippen LogP contribution in [0.3, 0.4) is 0 Å². The van der Waals surface area contributed by atoms with Gasteiger partial charge in [-0.3, -0.25) is 9.59 Å². The van der Waals surface area contributed by atoms with Gasteiger partial charge in [0.15, 0.2) is 0 Å². The van der Waals surface area contributed by atoms with Gasteiger partial charge in [-0.15, -0.1) is 11.3 Å². The quantitative estimate of drug-likeness (QED) is 0.402. The molecule has 1 aliphatic heterocycles. The van der Waals surface area contributed by atoms with E-state index in [-0.39, 0.29) is 11.8 Å². The topological polar surface area (TPSA) is 103 Å². The Morgan fingerprint density at radius 2 is 2.11 bits per heavy atom. The summed E-state index contributed by atoms with van der Waals surface area (Å²) in [7, 11) is 0. The van der Waals surface area contributed by atoms with Crippen LogP contribution in [-0.4, -0.2) is 26.8 Å².